The molecule has 0 aliphatic heterocycles. The fourth-order valence-electron chi connectivity index (χ4n) is 2.12. The van der Waals surface area contributed by atoms with Crippen molar-refractivity contribution in [3.63, 3.8) is 0 Å². The van der Waals surface area contributed by atoms with Crippen LogP contribution < -0.4 is 10.6 Å². The minimum Gasteiger partial charge on any atom is -0.364 e. The molecule has 0 unspecified atom stereocenters. The molecule has 0 amide bonds. The molecule has 128 valence electrons. The van der Waals surface area contributed by atoms with E-state index in [1.807, 2.05) is 6.92 Å². The Kier molecular flexibility index (Phi) is 5.92. The summed E-state index contributed by atoms with van der Waals surface area (Å²) in [6.45, 7) is 6.61. The highest BCUT2D eigenvalue weighted by Gasteiger charge is 2.23. The van der Waals surface area contributed by atoms with E-state index in [0.29, 0.717) is 23.2 Å². The van der Waals surface area contributed by atoms with Gasteiger partial charge in [-0.3, -0.25) is 10.1 Å². The highest BCUT2D eigenvalue weighted by Crippen LogP contribution is 2.33. The first-order valence-corrected chi connectivity index (χ1v) is 8.03. The normalized spacial score (nSPS) is 10.7. The third-order valence-electron chi connectivity index (χ3n) is 3.54. The fraction of sp³-hybridized carbons (Fsp3) is 0.375. The molecule has 1 aromatic heterocycles. The van der Waals surface area contributed by atoms with Crippen molar-refractivity contribution in [2.24, 2.45) is 5.92 Å². The van der Waals surface area contributed by atoms with E-state index >= 15 is 0 Å². The lowest BCUT2D eigenvalue weighted by Crippen LogP contribution is -2.10. The van der Waals surface area contributed by atoms with Crippen LogP contribution in [0.2, 0.25) is 5.02 Å². The van der Waals surface area contributed by atoms with Crippen LogP contribution in [0.25, 0.3) is 0 Å². The Bertz CT molecular complexity index is 736. The van der Waals surface area contributed by atoms with Gasteiger partial charge in [0, 0.05) is 17.3 Å². The van der Waals surface area contributed by atoms with Gasteiger partial charge in [0.15, 0.2) is 0 Å². The van der Waals surface area contributed by atoms with E-state index < -0.39 is 4.92 Å². The maximum atomic E-state index is 11.5. The summed E-state index contributed by atoms with van der Waals surface area (Å²) >= 11 is 6.09. The Balaban J connectivity index is 2.32. The van der Waals surface area contributed by atoms with Crippen LogP contribution in [0.1, 0.15) is 25.8 Å². The standard InChI is InChI=1S/C16H20ClN5O2/c1-10(2)7-8-18-15-14(22(23)24)16(20-9-19-15)21-13-6-4-5-12(17)11(13)3/h4-6,9-10H,7-8H2,1-3H3,(H2,18,19,20,21). The molecule has 0 fully saturated rings. The number of rotatable bonds is 7. The summed E-state index contributed by atoms with van der Waals surface area (Å²) in [6.07, 6.45) is 2.18. The van der Waals surface area contributed by atoms with Crippen LogP contribution in [0, 0.1) is 23.0 Å². The summed E-state index contributed by atoms with van der Waals surface area (Å²) in [5.41, 5.74) is 1.28. The number of aromatic nitrogens is 2. The van der Waals surface area contributed by atoms with Crippen molar-refractivity contribution < 1.29 is 4.92 Å². The molecule has 0 bridgehead atoms. The van der Waals surface area contributed by atoms with Gasteiger partial charge in [-0.05, 0) is 37.0 Å². The molecule has 0 spiro atoms. The predicted molar refractivity (Wildman–Crippen MR) is 96.1 cm³/mol. The van der Waals surface area contributed by atoms with Crippen LogP contribution >= 0.6 is 11.6 Å². The monoisotopic (exact) mass is 349 g/mol. The first-order chi connectivity index (χ1) is 11.4. The first-order valence-electron chi connectivity index (χ1n) is 7.65. The summed E-state index contributed by atoms with van der Waals surface area (Å²) in [7, 11) is 0. The van der Waals surface area contributed by atoms with Gasteiger partial charge in [0.2, 0.25) is 11.6 Å². The molecule has 0 saturated carbocycles. The number of anilines is 3. The smallest absolute Gasteiger partial charge is 0.353 e. The van der Waals surface area contributed by atoms with Crippen molar-refractivity contribution in [2.75, 3.05) is 17.2 Å². The summed E-state index contributed by atoms with van der Waals surface area (Å²) in [6, 6.07) is 5.32. The molecule has 24 heavy (non-hydrogen) atoms. The Labute approximate surface area is 145 Å². The number of nitrogens with one attached hydrogen (secondary N) is 2. The van der Waals surface area contributed by atoms with Crippen molar-refractivity contribution in [2.45, 2.75) is 27.2 Å². The van der Waals surface area contributed by atoms with Crippen molar-refractivity contribution >= 4 is 34.6 Å². The van der Waals surface area contributed by atoms with E-state index in [9.17, 15) is 10.1 Å². The van der Waals surface area contributed by atoms with E-state index in [-0.39, 0.29) is 17.3 Å². The molecule has 0 aliphatic carbocycles. The number of nitro groups is 1. The molecule has 8 heteroatoms. The molecule has 1 aromatic carbocycles. The van der Waals surface area contributed by atoms with Gasteiger partial charge < -0.3 is 10.6 Å². The number of hydrogen-bond acceptors (Lipinski definition) is 6. The zero-order valence-electron chi connectivity index (χ0n) is 13.8. The molecular weight excluding hydrogens is 330 g/mol. The molecule has 0 radical (unpaired) electrons. The second-order valence-corrected chi connectivity index (χ2v) is 6.23. The molecule has 2 aromatic rings. The number of halogens is 1. The molecule has 2 rings (SSSR count). The minimum atomic E-state index is -0.486. The number of hydrogen-bond donors (Lipinski definition) is 2. The SMILES string of the molecule is Cc1c(Cl)cccc1Nc1ncnc(NCCC(C)C)c1[N+](=O)[O-]. The molecule has 1 heterocycles. The van der Waals surface area contributed by atoms with Gasteiger partial charge in [-0.25, -0.2) is 9.97 Å². The van der Waals surface area contributed by atoms with Gasteiger partial charge in [0.25, 0.3) is 0 Å². The van der Waals surface area contributed by atoms with Crippen LogP contribution in [0.5, 0.6) is 0 Å². The van der Waals surface area contributed by atoms with Gasteiger partial charge in [-0.15, -0.1) is 0 Å². The van der Waals surface area contributed by atoms with Crippen LogP contribution in [0.4, 0.5) is 23.0 Å². The maximum Gasteiger partial charge on any atom is 0.353 e. The zero-order chi connectivity index (χ0) is 17.7. The largest absolute Gasteiger partial charge is 0.364 e. The zero-order valence-corrected chi connectivity index (χ0v) is 14.6. The van der Waals surface area contributed by atoms with Crippen LogP contribution in [0.3, 0.4) is 0 Å². The van der Waals surface area contributed by atoms with Crippen molar-refractivity contribution in [1.29, 1.82) is 0 Å². The minimum absolute atomic E-state index is 0.132. The lowest BCUT2D eigenvalue weighted by Gasteiger charge is -2.12. The quantitative estimate of drug-likeness (QED) is 0.562. The Morgan fingerprint density at radius 1 is 1.29 bits per heavy atom. The van der Waals surface area contributed by atoms with Crippen LogP contribution in [0.15, 0.2) is 24.5 Å². The van der Waals surface area contributed by atoms with Gasteiger partial charge in [0.05, 0.1) is 4.92 Å². The van der Waals surface area contributed by atoms with Gasteiger partial charge in [-0.1, -0.05) is 31.5 Å². The third kappa shape index (κ3) is 4.32. The Morgan fingerprint density at radius 2 is 2.00 bits per heavy atom. The Morgan fingerprint density at radius 3 is 2.67 bits per heavy atom. The van der Waals surface area contributed by atoms with Crippen LogP contribution in [-0.2, 0) is 0 Å². The molecule has 0 atom stereocenters. The Hall–Kier alpha value is -2.41. The second kappa shape index (κ2) is 7.92. The average Bonchev–Trinajstić information content (AvgIpc) is 2.51. The third-order valence-corrected chi connectivity index (χ3v) is 3.95. The summed E-state index contributed by atoms with van der Waals surface area (Å²) in [5, 5.41) is 18.1. The predicted octanol–water partition coefficient (Wildman–Crippen LogP) is 4.55. The summed E-state index contributed by atoms with van der Waals surface area (Å²) < 4.78 is 0. The lowest BCUT2D eigenvalue weighted by molar-refractivity contribution is -0.383. The lowest BCUT2D eigenvalue weighted by atomic mass is 10.1. The number of benzene rings is 1. The van der Waals surface area contributed by atoms with Crippen molar-refractivity contribution in [3.05, 3.63) is 45.2 Å². The van der Waals surface area contributed by atoms with Crippen LogP contribution in [-0.4, -0.2) is 21.4 Å². The highest BCUT2D eigenvalue weighted by atomic mass is 35.5. The first kappa shape index (κ1) is 17.9. The van der Waals surface area contributed by atoms with E-state index in [1.54, 1.807) is 18.2 Å². The molecular formula is C16H20ClN5O2. The number of nitrogens with zero attached hydrogens (tertiary/aromatic N) is 3. The molecule has 0 aliphatic rings. The topological polar surface area (TPSA) is 93.0 Å². The van der Waals surface area contributed by atoms with E-state index in [2.05, 4.69) is 34.4 Å². The second-order valence-electron chi connectivity index (χ2n) is 5.82. The van der Waals surface area contributed by atoms with Crippen molar-refractivity contribution in [1.82, 2.24) is 9.97 Å². The van der Waals surface area contributed by atoms with E-state index in [0.717, 1.165) is 12.0 Å². The van der Waals surface area contributed by atoms with E-state index in [1.165, 1.54) is 6.33 Å². The summed E-state index contributed by atoms with van der Waals surface area (Å²) in [5.74, 6) is 0.829. The van der Waals surface area contributed by atoms with E-state index in [4.69, 9.17) is 11.6 Å². The van der Waals surface area contributed by atoms with Gasteiger partial charge in [-0.2, -0.15) is 0 Å². The average molecular weight is 350 g/mol. The van der Waals surface area contributed by atoms with Gasteiger partial charge >= 0.3 is 5.69 Å². The highest BCUT2D eigenvalue weighted by molar-refractivity contribution is 6.31. The van der Waals surface area contributed by atoms with Crippen molar-refractivity contribution in [3.8, 4) is 0 Å². The molecule has 2 N–H and O–H groups in total. The summed E-state index contributed by atoms with van der Waals surface area (Å²) in [4.78, 5) is 19.0. The fourth-order valence-corrected chi connectivity index (χ4v) is 2.30. The van der Waals surface area contributed by atoms with Gasteiger partial charge in [0.1, 0.15) is 6.33 Å². The maximum absolute atomic E-state index is 11.5. The molecule has 7 nitrogen and oxygen atoms in total. The molecule has 0 saturated heterocycles.